The van der Waals surface area contributed by atoms with Crippen LogP contribution in [0, 0.1) is 0 Å². The van der Waals surface area contributed by atoms with Gasteiger partial charge in [-0.1, -0.05) is 24.3 Å². The molecule has 0 amide bonds. The summed E-state index contributed by atoms with van der Waals surface area (Å²) in [5, 5.41) is 0. The molecule has 3 rings (SSSR count). The van der Waals surface area contributed by atoms with Gasteiger partial charge in [-0.05, 0) is 37.9 Å². The monoisotopic (exact) mass is 273 g/mol. The van der Waals surface area contributed by atoms with Crippen LogP contribution < -0.4 is 5.73 Å². The molecule has 0 spiro atoms. The van der Waals surface area contributed by atoms with Crippen LogP contribution in [0.1, 0.15) is 30.9 Å². The number of benzene rings is 1. The van der Waals surface area contributed by atoms with Crippen molar-refractivity contribution in [2.75, 3.05) is 33.2 Å². The van der Waals surface area contributed by atoms with Gasteiger partial charge in [0.15, 0.2) is 0 Å². The molecule has 110 valence electrons. The molecular weight excluding hydrogens is 246 g/mol. The van der Waals surface area contributed by atoms with Crippen LogP contribution in [0.5, 0.6) is 0 Å². The van der Waals surface area contributed by atoms with Gasteiger partial charge in [0.25, 0.3) is 0 Å². The van der Waals surface area contributed by atoms with Crippen molar-refractivity contribution >= 4 is 0 Å². The highest BCUT2D eigenvalue weighted by Crippen LogP contribution is 2.51. The Labute approximate surface area is 122 Å². The first-order valence-electron chi connectivity index (χ1n) is 7.87. The van der Waals surface area contributed by atoms with Gasteiger partial charge in [-0.2, -0.15) is 0 Å². The van der Waals surface area contributed by atoms with Crippen molar-refractivity contribution in [3.8, 4) is 0 Å². The Hall–Kier alpha value is -0.900. The second-order valence-electron chi connectivity index (χ2n) is 6.68. The van der Waals surface area contributed by atoms with Crippen molar-refractivity contribution in [3.63, 3.8) is 0 Å². The van der Waals surface area contributed by atoms with E-state index in [1.54, 1.807) is 0 Å². The summed E-state index contributed by atoms with van der Waals surface area (Å²) in [6.45, 7) is 7.96. The fourth-order valence-electron chi connectivity index (χ4n) is 3.50. The van der Waals surface area contributed by atoms with Crippen LogP contribution in [0.4, 0.5) is 0 Å². The minimum atomic E-state index is 0.260. The quantitative estimate of drug-likeness (QED) is 0.908. The van der Waals surface area contributed by atoms with Crippen molar-refractivity contribution in [3.05, 3.63) is 35.4 Å². The summed E-state index contributed by atoms with van der Waals surface area (Å²) in [5.41, 5.74) is 9.53. The van der Waals surface area contributed by atoms with E-state index in [9.17, 15) is 0 Å². The summed E-state index contributed by atoms with van der Waals surface area (Å²) >= 11 is 0. The Bertz CT molecular complexity index is 457. The third kappa shape index (κ3) is 2.62. The van der Waals surface area contributed by atoms with E-state index >= 15 is 0 Å². The molecule has 0 aromatic heterocycles. The van der Waals surface area contributed by atoms with Crippen molar-refractivity contribution in [2.45, 2.75) is 37.8 Å². The molecule has 0 bridgehead atoms. The van der Waals surface area contributed by atoms with Crippen LogP contribution in [0.25, 0.3) is 0 Å². The highest BCUT2D eigenvalue weighted by atomic mass is 15.2. The van der Waals surface area contributed by atoms with Gasteiger partial charge >= 0.3 is 0 Å². The van der Waals surface area contributed by atoms with Gasteiger partial charge in [0.1, 0.15) is 0 Å². The Kier molecular flexibility index (Phi) is 3.85. The van der Waals surface area contributed by atoms with Gasteiger partial charge < -0.3 is 10.6 Å². The third-order valence-electron chi connectivity index (χ3n) is 5.20. The van der Waals surface area contributed by atoms with Gasteiger partial charge in [-0.15, -0.1) is 0 Å². The lowest BCUT2D eigenvalue weighted by atomic mass is 9.86. The first kappa shape index (κ1) is 14.1. The van der Waals surface area contributed by atoms with Crippen molar-refractivity contribution in [1.82, 2.24) is 9.80 Å². The summed E-state index contributed by atoms with van der Waals surface area (Å²) in [5.74, 6) is 0. The fraction of sp³-hybridized carbons (Fsp3) is 0.647. The first-order chi connectivity index (χ1) is 9.62. The largest absolute Gasteiger partial charge is 0.327 e. The van der Waals surface area contributed by atoms with Crippen molar-refractivity contribution < 1.29 is 0 Å². The highest BCUT2D eigenvalue weighted by Gasteiger charge is 2.48. The summed E-state index contributed by atoms with van der Waals surface area (Å²) in [6, 6.07) is 9.21. The first-order valence-corrected chi connectivity index (χ1v) is 7.87. The van der Waals surface area contributed by atoms with Gasteiger partial charge in [0.05, 0.1) is 0 Å². The van der Waals surface area contributed by atoms with Crippen LogP contribution in [-0.4, -0.2) is 49.1 Å². The van der Waals surface area contributed by atoms with Crippen LogP contribution in [0.15, 0.2) is 24.3 Å². The maximum Gasteiger partial charge on any atom is 0.0237 e. The van der Waals surface area contributed by atoms with E-state index in [1.165, 1.54) is 50.1 Å². The summed E-state index contributed by atoms with van der Waals surface area (Å²) in [7, 11) is 2.21. The molecule has 1 aromatic rings. The SMILES string of the molecule is CC(N)C1(c2ccccc2CN2CCN(C)CC2)CC1. The van der Waals surface area contributed by atoms with E-state index < -0.39 is 0 Å². The Morgan fingerprint density at radius 1 is 1.15 bits per heavy atom. The Balaban J connectivity index is 1.77. The van der Waals surface area contributed by atoms with Gasteiger partial charge in [0.2, 0.25) is 0 Å². The number of likely N-dealkylation sites (N-methyl/N-ethyl adjacent to an activating group) is 1. The number of nitrogens with zero attached hydrogens (tertiary/aromatic N) is 2. The molecule has 3 heteroatoms. The molecule has 1 aliphatic heterocycles. The zero-order valence-electron chi connectivity index (χ0n) is 12.8. The molecule has 1 aliphatic carbocycles. The van der Waals surface area contributed by atoms with Gasteiger partial charge in [-0.25, -0.2) is 0 Å². The lowest BCUT2D eigenvalue weighted by Gasteiger charge is -2.33. The number of hydrogen-bond acceptors (Lipinski definition) is 3. The molecule has 1 saturated heterocycles. The zero-order valence-corrected chi connectivity index (χ0v) is 12.8. The molecule has 2 aliphatic rings. The molecule has 1 unspecified atom stereocenters. The molecule has 1 saturated carbocycles. The number of piperazine rings is 1. The molecule has 3 nitrogen and oxygen atoms in total. The lowest BCUT2D eigenvalue weighted by molar-refractivity contribution is 0.147. The van der Waals surface area contributed by atoms with Crippen LogP contribution in [0.3, 0.4) is 0 Å². The topological polar surface area (TPSA) is 32.5 Å². The highest BCUT2D eigenvalue weighted by molar-refractivity contribution is 5.40. The second kappa shape index (κ2) is 5.47. The smallest absolute Gasteiger partial charge is 0.0237 e. The molecule has 0 radical (unpaired) electrons. The van der Waals surface area contributed by atoms with E-state index in [0.29, 0.717) is 0 Å². The standard InChI is InChI=1S/C17H27N3/c1-14(18)17(7-8-17)16-6-4-3-5-15(16)13-20-11-9-19(2)10-12-20/h3-6,14H,7-13,18H2,1-2H3. The van der Waals surface area contributed by atoms with Crippen LogP contribution in [0.2, 0.25) is 0 Å². The van der Waals surface area contributed by atoms with E-state index in [-0.39, 0.29) is 11.5 Å². The van der Waals surface area contributed by atoms with E-state index in [0.717, 1.165) is 6.54 Å². The molecule has 20 heavy (non-hydrogen) atoms. The minimum absolute atomic E-state index is 0.260. The maximum atomic E-state index is 6.26. The number of hydrogen-bond donors (Lipinski definition) is 1. The van der Waals surface area contributed by atoms with Gasteiger partial charge in [-0.3, -0.25) is 4.90 Å². The lowest BCUT2D eigenvalue weighted by Crippen LogP contribution is -2.44. The number of nitrogens with two attached hydrogens (primary N) is 1. The number of rotatable bonds is 4. The van der Waals surface area contributed by atoms with Crippen LogP contribution in [-0.2, 0) is 12.0 Å². The summed E-state index contributed by atoms with van der Waals surface area (Å²) < 4.78 is 0. The average molecular weight is 273 g/mol. The molecular formula is C17H27N3. The predicted octanol–water partition coefficient (Wildman–Crippen LogP) is 1.81. The predicted molar refractivity (Wildman–Crippen MR) is 83.8 cm³/mol. The van der Waals surface area contributed by atoms with Crippen molar-refractivity contribution in [2.24, 2.45) is 5.73 Å². The van der Waals surface area contributed by atoms with E-state index in [2.05, 4.69) is 48.0 Å². The molecule has 2 fully saturated rings. The molecule has 1 aromatic carbocycles. The molecule has 1 atom stereocenters. The third-order valence-corrected chi connectivity index (χ3v) is 5.20. The maximum absolute atomic E-state index is 6.26. The fourth-order valence-corrected chi connectivity index (χ4v) is 3.50. The molecule has 1 heterocycles. The zero-order chi connectivity index (χ0) is 14.2. The Morgan fingerprint density at radius 3 is 2.40 bits per heavy atom. The van der Waals surface area contributed by atoms with Gasteiger partial charge in [0, 0.05) is 44.2 Å². The van der Waals surface area contributed by atoms with Crippen molar-refractivity contribution in [1.29, 1.82) is 0 Å². The summed E-state index contributed by atoms with van der Waals surface area (Å²) in [6.07, 6.45) is 2.51. The second-order valence-corrected chi connectivity index (χ2v) is 6.68. The van der Waals surface area contributed by atoms with E-state index in [1.807, 2.05) is 0 Å². The minimum Gasteiger partial charge on any atom is -0.327 e. The Morgan fingerprint density at radius 2 is 1.80 bits per heavy atom. The van der Waals surface area contributed by atoms with E-state index in [4.69, 9.17) is 5.73 Å². The summed E-state index contributed by atoms with van der Waals surface area (Å²) in [4.78, 5) is 4.99. The normalized spacial score (nSPS) is 24.6. The van der Waals surface area contributed by atoms with Crippen LogP contribution >= 0.6 is 0 Å². The average Bonchev–Trinajstić information content (AvgIpc) is 3.24. The molecule has 2 N–H and O–H groups in total.